The van der Waals surface area contributed by atoms with E-state index in [4.69, 9.17) is 11.8 Å². The maximum Gasteiger partial charge on any atom is 0.264 e. The molecule has 1 aromatic heterocycles. The van der Waals surface area contributed by atoms with E-state index < -0.39 is 5.41 Å². The van der Waals surface area contributed by atoms with Crippen molar-refractivity contribution in [3.8, 4) is 11.3 Å². The first kappa shape index (κ1) is 16.2. The zero-order valence-corrected chi connectivity index (χ0v) is 13.7. The van der Waals surface area contributed by atoms with Crippen molar-refractivity contribution in [2.24, 2.45) is 5.41 Å². The van der Waals surface area contributed by atoms with E-state index in [2.05, 4.69) is 10.2 Å². The molecule has 1 N–H and O–H groups in total. The summed E-state index contributed by atoms with van der Waals surface area (Å²) in [5.41, 5.74) is 2.11. The van der Waals surface area contributed by atoms with Gasteiger partial charge in [0.15, 0.2) is 0 Å². The Hall–Kier alpha value is -2.14. The molecule has 0 atom stereocenters. The fourth-order valence-corrected chi connectivity index (χ4v) is 2.32. The lowest BCUT2D eigenvalue weighted by Crippen LogP contribution is -2.33. The highest BCUT2D eigenvalue weighted by Crippen LogP contribution is 2.27. The molecule has 0 radical (unpaired) electrons. The van der Waals surface area contributed by atoms with E-state index in [9.17, 15) is 9.59 Å². The molecule has 0 fully saturated rings. The van der Waals surface area contributed by atoms with E-state index in [0.717, 1.165) is 15.5 Å². The van der Waals surface area contributed by atoms with Crippen LogP contribution in [0.4, 0.5) is 5.69 Å². The molecule has 0 aliphatic rings. The van der Waals surface area contributed by atoms with Crippen molar-refractivity contribution >= 4 is 23.4 Å². The van der Waals surface area contributed by atoms with Crippen LogP contribution in [0.5, 0.6) is 0 Å². The van der Waals surface area contributed by atoms with Crippen LogP contribution >= 0.6 is 11.8 Å². The Morgan fingerprint density at radius 2 is 1.82 bits per heavy atom. The molecular weight excluding hydrogens is 302 g/mol. The number of hydrogen-bond acceptors (Lipinski definition) is 3. The largest absolute Gasteiger partial charge is 0.273 e. The Morgan fingerprint density at radius 1 is 1.23 bits per heavy atom. The van der Waals surface area contributed by atoms with Crippen LogP contribution < -0.4 is 9.98 Å². The van der Waals surface area contributed by atoms with Gasteiger partial charge in [0.2, 0.25) is 5.91 Å². The molecule has 2 rings (SSSR count). The van der Waals surface area contributed by atoms with Crippen molar-refractivity contribution in [2.75, 3.05) is 4.42 Å². The van der Waals surface area contributed by atoms with Crippen LogP contribution in [0.15, 0.2) is 35.1 Å². The summed E-state index contributed by atoms with van der Waals surface area (Å²) in [5.74, 6) is -0.180. The quantitative estimate of drug-likeness (QED) is 0.864. The summed E-state index contributed by atoms with van der Waals surface area (Å²) in [5, 5.41) is 6.46. The molecule has 0 saturated carbocycles. The smallest absolute Gasteiger partial charge is 0.264 e. The first-order valence-electron chi connectivity index (χ1n) is 6.87. The van der Waals surface area contributed by atoms with Gasteiger partial charge in [0.25, 0.3) is 5.56 Å². The van der Waals surface area contributed by atoms with Crippen LogP contribution in [-0.4, -0.2) is 16.1 Å². The molecule has 1 heterocycles. The molecule has 0 saturated heterocycles. The number of amides is 1. The average Bonchev–Trinajstić information content (AvgIpc) is 2.45. The summed E-state index contributed by atoms with van der Waals surface area (Å²) in [7, 11) is 0. The molecule has 1 amide bonds. The Morgan fingerprint density at radius 3 is 2.32 bits per heavy atom. The number of benzene rings is 1. The molecule has 1 aromatic carbocycles. The lowest BCUT2D eigenvalue weighted by atomic mass is 9.95. The van der Waals surface area contributed by atoms with Gasteiger partial charge in [-0.1, -0.05) is 32.9 Å². The molecule has 2 aromatic rings. The number of carbonyl (C=O) groups is 1. The van der Waals surface area contributed by atoms with Crippen molar-refractivity contribution in [1.82, 2.24) is 10.2 Å². The summed E-state index contributed by atoms with van der Waals surface area (Å²) in [4.78, 5) is 23.4. The fourth-order valence-electron chi connectivity index (χ4n) is 1.95. The van der Waals surface area contributed by atoms with Gasteiger partial charge in [-0.2, -0.15) is 5.10 Å². The molecule has 6 heteroatoms. The lowest BCUT2D eigenvalue weighted by Gasteiger charge is -2.23. The topological polar surface area (TPSA) is 66.1 Å². The highest BCUT2D eigenvalue weighted by molar-refractivity contribution is 6.37. The summed E-state index contributed by atoms with van der Waals surface area (Å²) >= 11 is 6.11. The lowest BCUT2D eigenvalue weighted by molar-refractivity contribution is -0.124. The summed E-state index contributed by atoms with van der Waals surface area (Å²) in [6.07, 6.45) is 0. The first-order valence-corrected chi connectivity index (χ1v) is 7.21. The van der Waals surface area contributed by atoms with E-state index in [1.54, 1.807) is 12.1 Å². The number of halogens is 1. The molecule has 5 nitrogen and oxygen atoms in total. The number of anilines is 1. The number of nitrogens with zero attached hydrogens (tertiary/aromatic N) is 2. The van der Waals surface area contributed by atoms with Crippen LogP contribution in [0, 0.1) is 12.3 Å². The van der Waals surface area contributed by atoms with E-state index in [0.29, 0.717) is 11.4 Å². The molecule has 0 aliphatic heterocycles. The minimum absolute atomic E-state index is 0.180. The average molecular weight is 320 g/mol. The summed E-state index contributed by atoms with van der Waals surface area (Å²) in [6, 6.07) is 8.62. The van der Waals surface area contributed by atoms with Crippen LogP contribution in [-0.2, 0) is 4.79 Å². The third-order valence-electron chi connectivity index (χ3n) is 3.19. The Labute approximate surface area is 134 Å². The fraction of sp³-hybridized carbons (Fsp3) is 0.312. The molecule has 22 heavy (non-hydrogen) atoms. The van der Waals surface area contributed by atoms with Gasteiger partial charge in [0, 0.05) is 28.8 Å². The number of carbonyl (C=O) groups excluding carboxylic acids is 1. The van der Waals surface area contributed by atoms with Crippen molar-refractivity contribution in [2.45, 2.75) is 27.7 Å². The van der Waals surface area contributed by atoms with Crippen molar-refractivity contribution in [1.29, 1.82) is 0 Å². The normalized spacial score (nSPS) is 11.3. The predicted molar refractivity (Wildman–Crippen MR) is 87.8 cm³/mol. The monoisotopic (exact) mass is 319 g/mol. The molecule has 0 aliphatic carbocycles. The second-order valence-corrected chi connectivity index (χ2v) is 6.48. The zero-order valence-electron chi connectivity index (χ0n) is 13.0. The SMILES string of the molecule is Cc1cc(=O)[nH]nc1-c1ccc(N(Cl)C(=O)C(C)(C)C)cc1. The minimum Gasteiger partial charge on any atom is -0.273 e. The van der Waals surface area contributed by atoms with Crippen LogP contribution in [0.1, 0.15) is 26.3 Å². The van der Waals surface area contributed by atoms with Crippen LogP contribution in [0.25, 0.3) is 11.3 Å². The number of rotatable bonds is 2. The van der Waals surface area contributed by atoms with E-state index >= 15 is 0 Å². The number of aromatic nitrogens is 2. The van der Waals surface area contributed by atoms with Crippen molar-refractivity contribution in [3.05, 3.63) is 46.2 Å². The van der Waals surface area contributed by atoms with E-state index in [1.165, 1.54) is 6.07 Å². The Kier molecular flexibility index (Phi) is 4.37. The van der Waals surface area contributed by atoms with Crippen LogP contribution in [0.3, 0.4) is 0 Å². The highest BCUT2D eigenvalue weighted by atomic mass is 35.5. The Bertz CT molecular complexity index is 745. The second-order valence-electron chi connectivity index (χ2n) is 6.15. The highest BCUT2D eigenvalue weighted by Gasteiger charge is 2.27. The first-order chi connectivity index (χ1) is 10.2. The van der Waals surface area contributed by atoms with Gasteiger partial charge in [0.1, 0.15) is 0 Å². The molecule has 116 valence electrons. The molecule has 0 spiro atoms. The number of H-pyrrole nitrogens is 1. The molecule has 0 bridgehead atoms. The maximum atomic E-state index is 12.2. The Balaban J connectivity index is 2.31. The van der Waals surface area contributed by atoms with Crippen molar-refractivity contribution in [3.63, 3.8) is 0 Å². The van der Waals surface area contributed by atoms with Gasteiger partial charge in [-0.15, -0.1) is 0 Å². The standard InChI is InChI=1S/C16H18ClN3O2/c1-10-9-13(21)18-19-14(10)11-5-7-12(8-6-11)20(17)15(22)16(2,3)4/h5-9H,1-4H3,(H,18,21). The van der Waals surface area contributed by atoms with E-state index in [-0.39, 0.29) is 11.5 Å². The number of nitrogens with one attached hydrogen (secondary N) is 1. The second kappa shape index (κ2) is 5.93. The minimum atomic E-state index is -0.558. The van der Waals surface area contributed by atoms with Gasteiger partial charge < -0.3 is 0 Å². The summed E-state index contributed by atoms with van der Waals surface area (Å²) < 4.78 is 1.12. The number of aromatic amines is 1. The third-order valence-corrected chi connectivity index (χ3v) is 3.54. The van der Waals surface area contributed by atoms with Gasteiger partial charge in [-0.25, -0.2) is 9.52 Å². The number of hydrogen-bond donors (Lipinski definition) is 1. The summed E-state index contributed by atoms with van der Waals surface area (Å²) in [6.45, 7) is 7.26. The van der Waals surface area contributed by atoms with Gasteiger partial charge >= 0.3 is 0 Å². The zero-order chi connectivity index (χ0) is 16.5. The van der Waals surface area contributed by atoms with Crippen molar-refractivity contribution < 1.29 is 4.79 Å². The van der Waals surface area contributed by atoms with Crippen LogP contribution in [0.2, 0.25) is 0 Å². The third kappa shape index (κ3) is 3.36. The number of aryl methyl sites for hydroxylation is 1. The molecular formula is C16H18ClN3O2. The van der Waals surface area contributed by atoms with Gasteiger partial charge in [-0.05, 0) is 24.6 Å². The van der Waals surface area contributed by atoms with E-state index in [1.807, 2.05) is 39.8 Å². The maximum absolute atomic E-state index is 12.2. The predicted octanol–water partition coefficient (Wildman–Crippen LogP) is 3.28. The molecule has 0 unspecified atom stereocenters. The van der Waals surface area contributed by atoms with Gasteiger partial charge in [-0.3, -0.25) is 9.59 Å². The van der Waals surface area contributed by atoms with Gasteiger partial charge in [0.05, 0.1) is 11.4 Å².